The maximum Gasteiger partial charge on any atom is 0.191 e. The van der Waals surface area contributed by atoms with E-state index < -0.39 is 0 Å². The van der Waals surface area contributed by atoms with E-state index in [1.165, 1.54) is 0 Å². The van der Waals surface area contributed by atoms with Crippen LogP contribution >= 0.6 is 23.5 Å². The summed E-state index contributed by atoms with van der Waals surface area (Å²) in [5.74, 6) is 2.28. The molecular weight excluding hydrogens is 342 g/mol. The van der Waals surface area contributed by atoms with E-state index in [0.29, 0.717) is 11.1 Å². The molecule has 7 nitrogen and oxygen atoms in total. The quantitative estimate of drug-likeness (QED) is 0.561. The number of rotatable bonds is 4. The minimum absolute atomic E-state index is 0.404. The van der Waals surface area contributed by atoms with E-state index in [4.69, 9.17) is 5.73 Å². The summed E-state index contributed by atoms with van der Waals surface area (Å²) < 4.78 is 2.15. The van der Waals surface area contributed by atoms with Crippen molar-refractivity contribution in [3.05, 3.63) is 36.3 Å². The topological polar surface area (TPSA) is 95.4 Å². The highest BCUT2D eigenvalue weighted by atomic mass is 32.2. The highest BCUT2D eigenvalue weighted by molar-refractivity contribution is 8.03. The van der Waals surface area contributed by atoms with Crippen LogP contribution in [0.5, 0.6) is 0 Å². The molecule has 0 aliphatic carbocycles. The summed E-state index contributed by atoms with van der Waals surface area (Å²) >= 11 is 3.37. The largest absolute Gasteiger partial charge is 0.384 e. The van der Waals surface area contributed by atoms with E-state index in [0.717, 1.165) is 39.7 Å². The summed E-state index contributed by atoms with van der Waals surface area (Å²) in [5.41, 5.74) is 7.66. The van der Waals surface area contributed by atoms with Gasteiger partial charge in [-0.05, 0) is 19.1 Å². The molecule has 3 aromatic rings. The number of aryl methyl sites for hydroxylation is 1. The predicted octanol–water partition coefficient (Wildman–Crippen LogP) is 2.29. The fourth-order valence-electron chi connectivity index (χ4n) is 2.52. The average molecular weight is 357 g/mol. The van der Waals surface area contributed by atoms with E-state index in [9.17, 15) is 0 Å². The molecule has 2 N–H and O–H groups in total. The Kier molecular flexibility index (Phi) is 4.11. The Morgan fingerprint density at radius 1 is 1.38 bits per heavy atom. The zero-order valence-electron chi connectivity index (χ0n) is 13.0. The number of anilines is 1. The first kappa shape index (κ1) is 15.4. The number of nitrogens with zero attached hydrogens (tertiary/aromatic N) is 6. The van der Waals surface area contributed by atoms with Gasteiger partial charge in [0.15, 0.2) is 16.1 Å². The molecule has 1 aliphatic rings. The van der Waals surface area contributed by atoms with Crippen LogP contribution in [0.25, 0.3) is 11.4 Å². The second kappa shape index (κ2) is 6.40. The van der Waals surface area contributed by atoms with Gasteiger partial charge in [-0.15, -0.1) is 10.2 Å². The van der Waals surface area contributed by atoms with Crippen LogP contribution in [0.1, 0.15) is 5.69 Å². The van der Waals surface area contributed by atoms with Gasteiger partial charge in [0.2, 0.25) is 0 Å². The summed E-state index contributed by atoms with van der Waals surface area (Å²) in [6, 6.07) is 5.68. The molecule has 4 heterocycles. The number of fused-ring (bicyclic) bond motifs is 1. The van der Waals surface area contributed by atoms with Crippen molar-refractivity contribution < 1.29 is 0 Å². The third-order valence-electron chi connectivity index (χ3n) is 3.55. The lowest BCUT2D eigenvalue weighted by Gasteiger charge is -2.08. The van der Waals surface area contributed by atoms with Crippen LogP contribution in [0.2, 0.25) is 0 Å². The van der Waals surface area contributed by atoms with Gasteiger partial charge in [-0.3, -0.25) is 4.98 Å². The molecule has 4 rings (SSSR count). The third-order valence-corrected chi connectivity index (χ3v) is 5.93. The monoisotopic (exact) mass is 357 g/mol. The number of nitrogen functional groups attached to an aromatic ring is 1. The Labute approximate surface area is 147 Å². The molecule has 1 unspecified atom stereocenters. The van der Waals surface area contributed by atoms with Crippen molar-refractivity contribution in [3.8, 4) is 11.4 Å². The first-order valence-corrected chi connectivity index (χ1v) is 9.30. The first-order chi connectivity index (χ1) is 11.7. The van der Waals surface area contributed by atoms with Gasteiger partial charge < -0.3 is 10.3 Å². The predicted molar refractivity (Wildman–Crippen MR) is 94.8 cm³/mol. The second-order valence-electron chi connectivity index (χ2n) is 5.43. The van der Waals surface area contributed by atoms with Gasteiger partial charge >= 0.3 is 0 Å². The number of pyridine rings is 1. The molecule has 0 saturated carbocycles. The second-order valence-corrected chi connectivity index (χ2v) is 7.68. The Morgan fingerprint density at radius 3 is 3.08 bits per heavy atom. The molecule has 0 spiro atoms. The minimum atomic E-state index is 0.404. The van der Waals surface area contributed by atoms with E-state index in [1.54, 1.807) is 35.8 Å². The zero-order valence-corrected chi connectivity index (χ0v) is 14.6. The van der Waals surface area contributed by atoms with Crippen LogP contribution in [0.15, 0.2) is 40.9 Å². The number of hydrogen-bond acceptors (Lipinski definition) is 8. The van der Waals surface area contributed by atoms with Crippen molar-refractivity contribution in [1.29, 1.82) is 0 Å². The molecule has 0 saturated heterocycles. The number of hydrogen-bond donors (Lipinski definition) is 1. The molecule has 24 heavy (non-hydrogen) atoms. The molecule has 1 atom stereocenters. The molecule has 0 bridgehead atoms. The SMILES string of the molecule is Cc1cc(N)nc(SCC2Cn3c(nnc3-c3cccnc3)S2)n1. The molecule has 122 valence electrons. The summed E-state index contributed by atoms with van der Waals surface area (Å²) in [6.07, 6.45) is 3.57. The van der Waals surface area contributed by atoms with E-state index in [1.807, 2.05) is 25.3 Å². The lowest BCUT2D eigenvalue weighted by atomic mass is 10.2. The van der Waals surface area contributed by atoms with E-state index in [-0.39, 0.29) is 0 Å². The van der Waals surface area contributed by atoms with Crippen molar-refractivity contribution in [2.24, 2.45) is 0 Å². The smallest absolute Gasteiger partial charge is 0.191 e. The van der Waals surface area contributed by atoms with E-state index >= 15 is 0 Å². The fraction of sp³-hybridized carbons (Fsp3) is 0.267. The maximum absolute atomic E-state index is 5.78. The van der Waals surface area contributed by atoms with Crippen LogP contribution in [0.4, 0.5) is 5.82 Å². The minimum Gasteiger partial charge on any atom is -0.384 e. The van der Waals surface area contributed by atoms with Crippen molar-refractivity contribution >= 4 is 29.3 Å². The summed E-state index contributed by atoms with van der Waals surface area (Å²) in [4.78, 5) is 12.8. The van der Waals surface area contributed by atoms with Gasteiger partial charge in [-0.25, -0.2) is 9.97 Å². The molecule has 0 radical (unpaired) electrons. The number of thioether (sulfide) groups is 2. The van der Waals surface area contributed by atoms with Crippen molar-refractivity contribution in [2.45, 2.75) is 29.0 Å². The third kappa shape index (κ3) is 3.09. The van der Waals surface area contributed by atoms with Gasteiger partial charge in [0, 0.05) is 47.3 Å². The Hall–Kier alpha value is -2.13. The zero-order chi connectivity index (χ0) is 16.5. The highest BCUT2D eigenvalue weighted by Gasteiger charge is 2.27. The summed E-state index contributed by atoms with van der Waals surface area (Å²) in [5, 5.41) is 10.7. The average Bonchev–Trinajstić information content (AvgIpc) is 3.13. The van der Waals surface area contributed by atoms with Gasteiger partial charge in [0.25, 0.3) is 0 Å². The van der Waals surface area contributed by atoms with Crippen LogP contribution in [0, 0.1) is 6.92 Å². The molecule has 1 aliphatic heterocycles. The lowest BCUT2D eigenvalue weighted by Crippen LogP contribution is -2.10. The standard InChI is InChI=1S/C15H15N7S2/c1-9-5-12(16)19-14(18-9)23-8-11-7-22-13(20-21-15(22)24-11)10-3-2-4-17-6-10/h2-6,11H,7-8H2,1H3,(H2,16,18,19). The Balaban J connectivity index is 1.45. The van der Waals surface area contributed by atoms with Gasteiger partial charge in [-0.2, -0.15) is 0 Å². The molecule has 3 aromatic heterocycles. The number of aromatic nitrogens is 6. The van der Waals surface area contributed by atoms with Gasteiger partial charge in [0.05, 0.1) is 0 Å². The maximum atomic E-state index is 5.78. The van der Waals surface area contributed by atoms with Crippen molar-refractivity contribution in [3.63, 3.8) is 0 Å². The van der Waals surface area contributed by atoms with Crippen molar-refractivity contribution in [1.82, 2.24) is 29.7 Å². The van der Waals surface area contributed by atoms with Crippen LogP contribution in [0.3, 0.4) is 0 Å². The van der Waals surface area contributed by atoms with Crippen molar-refractivity contribution in [2.75, 3.05) is 11.5 Å². The van der Waals surface area contributed by atoms with Crippen LogP contribution < -0.4 is 5.73 Å². The molecule has 0 fully saturated rings. The van der Waals surface area contributed by atoms with Gasteiger partial charge in [-0.1, -0.05) is 23.5 Å². The Bertz CT molecular complexity index is 845. The Morgan fingerprint density at radius 2 is 2.29 bits per heavy atom. The lowest BCUT2D eigenvalue weighted by molar-refractivity contribution is 0.677. The van der Waals surface area contributed by atoms with Gasteiger partial charge in [0.1, 0.15) is 5.82 Å². The van der Waals surface area contributed by atoms with Crippen LogP contribution in [-0.4, -0.2) is 40.7 Å². The normalized spacial score (nSPS) is 16.3. The van der Waals surface area contributed by atoms with Crippen LogP contribution in [-0.2, 0) is 6.54 Å². The molecule has 0 amide bonds. The molecular formula is C15H15N7S2. The summed E-state index contributed by atoms with van der Waals surface area (Å²) in [6.45, 7) is 2.79. The highest BCUT2D eigenvalue weighted by Crippen LogP contribution is 2.36. The molecule has 0 aromatic carbocycles. The number of nitrogens with two attached hydrogens (primary N) is 1. The molecule has 9 heteroatoms. The fourth-order valence-corrected chi connectivity index (χ4v) is 4.72. The first-order valence-electron chi connectivity index (χ1n) is 7.43. The summed E-state index contributed by atoms with van der Waals surface area (Å²) in [7, 11) is 0. The van der Waals surface area contributed by atoms with E-state index in [2.05, 4.69) is 29.7 Å².